The van der Waals surface area contributed by atoms with E-state index in [1.807, 2.05) is 12.1 Å². The van der Waals surface area contributed by atoms with Crippen LogP contribution in [0.15, 0.2) is 42.5 Å². The first kappa shape index (κ1) is 19.3. The van der Waals surface area contributed by atoms with Gasteiger partial charge in [0.05, 0.1) is 22.3 Å². The van der Waals surface area contributed by atoms with Crippen molar-refractivity contribution in [3.05, 3.63) is 63.6 Å². The molecule has 0 atom stereocenters. The number of nitrogens with one attached hydrogen (secondary N) is 1. The first-order valence-corrected chi connectivity index (χ1v) is 8.64. The molecule has 0 heterocycles. The average molecular weight is 379 g/mol. The molecule has 2 aromatic carbocycles. The van der Waals surface area contributed by atoms with Crippen LogP contribution in [0.2, 0.25) is 10.0 Å². The largest absolute Gasteiger partial charge is 0.332 e. The Morgan fingerprint density at radius 2 is 1.60 bits per heavy atom. The number of carbonyl (C=O) groups is 2. The summed E-state index contributed by atoms with van der Waals surface area (Å²) in [4.78, 5) is 26.0. The molecule has 0 aliphatic heterocycles. The number of carbonyl (C=O) groups excluding carboxylic acids is 2. The fraction of sp³-hybridized carbons (Fsp3) is 0.263. The van der Waals surface area contributed by atoms with Gasteiger partial charge in [0.15, 0.2) is 0 Å². The molecule has 0 spiro atoms. The summed E-state index contributed by atoms with van der Waals surface area (Å²) in [5, 5.41) is 3.34. The van der Waals surface area contributed by atoms with Gasteiger partial charge in [0.1, 0.15) is 0 Å². The summed E-state index contributed by atoms with van der Waals surface area (Å²) in [6.45, 7) is 4.08. The van der Waals surface area contributed by atoms with Gasteiger partial charge in [-0.3, -0.25) is 9.59 Å². The number of amides is 2. The van der Waals surface area contributed by atoms with E-state index in [4.69, 9.17) is 23.2 Å². The topological polar surface area (TPSA) is 49.4 Å². The predicted octanol–water partition coefficient (Wildman–Crippen LogP) is 4.83. The number of para-hydroxylation sites is 1. The number of halogens is 2. The Morgan fingerprint density at radius 3 is 2.12 bits per heavy atom. The molecular weight excluding hydrogens is 359 g/mol. The van der Waals surface area contributed by atoms with Crippen molar-refractivity contribution < 1.29 is 9.59 Å². The van der Waals surface area contributed by atoms with Crippen LogP contribution in [0.1, 0.15) is 35.7 Å². The van der Waals surface area contributed by atoms with E-state index in [9.17, 15) is 9.59 Å². The van der Waals surface area contributed by atoms with Gasteiger partial charge in [-0.15, -0.1) is 0 Å². The van der Waals surface area contributed by atoms with Gasteiger partial charge in [-0.25, -0.2) is 0 Å². The normalized spacial score (nSPS) is 10.6. The zero-order valence-corrected chi connectivity index (χ0v) is 15.9. The molecule has 0 aliphatic rings. The van der Waals surface area contributed by atoms with E-state index in [0.29, 0.717) is 27.2 Å². The van der Waals surface area contributed by atoms with E-state index in [-0.39, 0.29) is 18.4 Å². The van der Waals surface area contributed by atoms with Gasteiger partial charge < -0.3 is 10.2 Å². The smallest absolute Gasteiger partial charge is 0.254 e. The van der Waals surface area contributed by atoms with Crippen LogP contribution in [-0.4, -0.2) is 30.3 Å². The molecule has 0 aliphatic carbocycles. The second kappa shape index (κ2) is 8.37. The highest BCUT2D eigenvalue weighted by atomic mass is 35.5. The van der Waals surface area contributed by atoms with Crippen LogP contribution in [-0.2, 0) is 4.79 Å². The van der Waals surface area contributed by atoms with Crippen molar-refractivity contribution in [2.75, 3.05) is 18.9 Å². The zero-order chi connectivity index (χ0) is 18.6. The number of hydrogen-bond donors (Lipinski definition) is 1. The molecule has 0 saturated carbocycles. The number of nitrogens with zero attached hydrogens (tertiary/aromatic N) is 1. The van der Waals surface area contributed by atoms with Gasteiger partial charge in [0.25, 0.3) is 5.91 Å². The molecule has 132 valence electrons. The molecule has 0 fully saturated rings. The van der Waals surface area contributed by atoms with Crippen LogP contribution < -0.4 is 5.32 Å². The van der Waals surface area contributed by atoms with E-state index in [1.165, 1.54) is 4.90 Å². The molecule has 2 amide bonds. The summed E-state index contributed by atoms with van der Waals surface area (Å²) in [7, 11) is 1.58. The van der Waals surface area contributed by atoms with Crippen LogP contribution >= 0.6 is 23.2 Å². The Hall–Kier alpha value is -2.04. The standard InChI is InChI=1S/C19H20Cl2N2O2/c1-12(2)13-7-9-14(10-8-13)19(25)23(3)11-17(24)22-18-15(20)5-4-6-16(18)21/h4-10,12H,11H2,1-3H3,(H,22,24). The Morgan fingerprint density at radius 1 is 1.04 bits per heavy atom. The fourth-order valence-corrected chi connectivity index (χ4v) is 2.81. The lowest BCUT2D eigenvalue weighted by molar-refractivity contribution is -0.116. The third-order valence-corrected chi connectivity index (χ3v) is 4.41. The molecule has 0 bridgehead atoms. The molecule has 0 radical (unpaired) electrons. The molecule has 25 heavy (non-hydrogen) atoms. The summed E-state index contributed by atoms with van der Waals surface area (Å²) in [5.41, 5.74) is 2.04. The fourth-order valence-electron chi connectivity index (χ4n) is 2.31. The second-order valence-electron chi connectivity index (χ2n) is 6.08. The molecule has 4 nitrogen and oxygen atoms in total. The van der Waals surface area contributed by atoms with Crippen molar-refractivity contribution in [3.8, 4) is 0 Å². The number of benzene rings is 2. The third kappa shape index (κ3) is 4.97. The number of rotatable bonds is 5. The Bertz CT molecular complexity index is 753. The Balaban J connectivity index is 2.02. The third-order valence-electron chi connectivity index (χ3n) is 3.78. The monoisotopic (exact) mass is 378 g/mol. The van der Waals surface area contributed by atoms with E-state index in [1.54, 1.807) is 37.4 Å². The number of hydrogen-bond acceptors (Lipinski definition) is 2. The van der Waals surface area contributed by atoms with E-state index >= 15 is 0 Å². The summed E-state index contributed by atoms with van der Waals surface area (Å²) in [6.07, 6.45) is 0. The van der Waals surface area contributed by atoms with Gasteiger partial charge in [0, 0.05) is 12.6 Å². The van der Waals surface area contributed by atoms with Crippen molar-refractivity contribution in [2.45, 2.75) is 19.8 Å². The van der Waals surface area contributed by atoms with Crippen LogP contribution in [0, 0.1) is 0 Å². The molecular formula is C19H20Cl2N2O2. The maximum absolute atomic E-state index is 12.4. The molecule has 2 aromatic rings. The van der Waals surface area contributed by atoms with E-state index in [0.717, 1.165) is 5.56 Å². The average Bonchev–Trinajstić information content (AvgIpc) is 2.57. The quantitative estimate of drug-likeness (QED) is 0.809. The minimum atomic E-state index is -0.371. The van der Waals surface area contributed by atoms with Gasteiger partial charge in [-0.1, -0.05) is 55.2 Å². The second-order valence-corrected chi connectivity index (χ2v) is 6.90. The highest BCUT2D eigenvalue weighted by Crippen LogP contribution is 2.29. The van der Waals surface area contributed by atoms with Gasteiger partial charge >= 0.3 is 0 Å². The van der Waals surface area contributed by atoms with Crippen LogP contribution in [0.25, 0.3) is 0 Å². The molecule has 0 unspecified atom stereocenters. The number of likely N-dealkylation sites (N-methyl/N-ethyl adjacent to an activating group) is 1. The van der Waals surface area contributed by atoms with Crippen LogP contribution in [0.4, 0.5) is 5.69 Å². The molecule has 0 aromatic heterocycles. The molecule has 0 saturated heterocycles. The Labute approximate surface area is 157 Å². The summed E-state index contributed by atoms with van der Waals surface area (Å²) in [5.74, 6) is -0.201. The van der Waals surface area contributed by atoms with Crippen molar-refractivity contribution in [2.24, 2.45) is 0 Å². The van der Waals surface area contributed by atoms with Crippen molar-refractivity contribution in [1.29, 1.82) is 0 Å². The maximum Gasteiger partial charge on any atom is 0.254 e. The van der Waals surface area contributed by atoms with E-state index < -0.39 is 0 Å². The zero-order valence-electron chi connectivity index (χ0n) is 14.3. The lowest BCUT2D eigenvalue weighted by atomic mass is 10.0. The summed E-state index contributed by atoms with van der Waals surface area (Å²) in [6, 6.07) is 12.4. The van der Waals surface area contributed by atoms with E-state index in [2.05, 4.69) is 19.2 Å². The molecule has 2 rings (SSSR count). The highest BCUT2D eigenvalue weighted by molar-refractivity contribution is 6.39. The van der Waals surface area contributed by atoms with Gasteiger partial charge in [0.2, 0.25) is 5.91 Å². The van der Waals surface area contributed by atoms with Crippen molar-refractivity contribution in [3.63, 3.8) is 0 Å². The minimum absolute atomic E-state index is 0.105. The van der Waals surface area contributed by atoms with Crippen molar-refractivity contribution in [1.82, 2.24) is 4.90 Å². The molecule has 6 heteroatoms. The summed E-state index contributed by atoms with van der Waals surface area (Å²) >= 11 is 12.1. The van der Waals surface area contributed by atoms with Crippen molar-refractivity contribution >= 4 is 40.7 Å². The minimum Gasteiger partial charge on any atom is -0.332 e. The predicted molar refractivity (Wildman–Crippen MR) is 103 cm³/mol. The van der Waals surface area contributed by atoms with Gasteiger partial charge in [-0.2, -0.15) is 0 Å². The van der Waals surface area contributed by atoms with Crippen LogP contribution in [0.5, 0.6) is 0 Å². The highest BCUT2D eigenvalue weighted by Gasteiger charge is 2.17. The summed E-state index contributed by atoms with van der Waals surface area (Å²) < 4.78 is 0. The van der Waals surface area contributed by atoms with Gasteiger partial charge in [-0.05, 0) is 35.7 Å². The Kier molecular flexibility index (Phi) is 6.45. The SMILES string of the molecule is CC(C)c1ccc(C(=O)N(C)CC(=O)Nc2c(Cl)cccc2Cl)cc1. The lowest BCUT2D eigenvalue weighted by Gasteiger charge is -2.18. The molecule has 1 N–H and O–H groups in total. The maximum atomic E-state index is 12.4. The lowest BCUT2D eigenvalue weighted by Crippen LogP contribution is -2.35. The number of anilines is 1. The van der Waals surface area contributed by atoms with Crippen LogP contribution in [0.3, 0.4) is 0 Å². The first-order chi connectivity index (χ1) is 11.8. The first-order valence-electron chi connectivity index (χ1n) is 7.89.